The fourth-order valence-electron chi connectivity index (χ4n) is 1.72. The van der Waals surface area contributed by atoms with E-state index in [1.165, 1.54) is 0 Å². The predicted octanol–water partition coefficient (Wildman–Crippen LogP) is -0.0443. The van der Waals surface area contributed by atoms with Gasteiger partial charge in [0.1, 0.15) is 12.4 Å². The molecule has 1 atom stereocenters. The van der Waals surface area contributed by atoms with Crippen LogP contribution in [0.2, 0.25) is 0 Å². The first-order chi connectivity index (χ1) is 9.63. The lowest BCUT2D eigenvalue weighted by atomic mass is 10.0. The fourth-order valence-corrected chi connectivity index (χ4v) is 1.72. The van der Waals surface area contributed by atoms with Gasteiger partial charge < -0.3 is 26.7 Å². The van der Waals surface area contributed by atoms with Gasteiger partial charge in [0, 0.05) is 19.0 Å². The number of nitrogens with one attached hydrogen (secondary N) is 1. The lowest BCUT2D eigenvalue weighted by Gasteiger charge is -2.18. The average molecular weight is 280 g/mol. The number of benzene rings is 1. The van der Waals surface area contributed by atoms with Gasteiger partial charge in [-0.3, -0.25) is 4.79 Å². The van der Waals surface area contributed by atoms with Crippen molar-refractivity contribution in [1.82, 2.24) is 5.32 Å². The van der Waals surface area contributed by atoms with Crippen molar-refractivity contribution in [3.05, 3.63) is 35.9 Å². The summed E-state index contributed by atoms with van der Waals surface area (Å²) in [6.07, 6.45) is 0.371. The average Bonchev–Trinajstić information content (AvgIpc) is 2.46. The molecular formula is C13H20N4O3. The highest BCUT2D eigenvalue weighted by molar-refractivity contribution is 5.80. The third kappa shape index (κ3) is 6.17. The highest BCUT2D eigenvalue weighted by Gasteiger charge is 2.12. The van der Waals surface area contributed by atoms with Gasteiger partial charge in [-0.15, -0.1) is 0 Å². The van der Waals surface area contributed by atoms with E-state index < -0.39 is 5.91 Å². The number of oxime groups is 1. The van der Waals surface area contributed by atoms with Crippen LogP contribution in [0.3, 0.4) is 0 Å². The summed E-state index contributed by atoms with van der Waals surface area (Å²) in [4.78, 5) is 10.5. The minimum Gasteiger partial charge on any atom is -0.409 e. The van der Waals surface area contributed by atoms with Crippen molar-refractivity contribution in [2.45, 2.75) is 12.5 Å². The van der Waals surface area contributed by atoms with Gasteiger partial charge >= 0.3 is 0 Å². The number of ether oxygens (including phenoxy) is 1. The molecular weight excluding hydrogens is 260 g/mol. The zero-order valence-electron chi connectivity index (χ0n) is 11.2. The Hall–Kier alpha value is -2.12. The van der Waals surface area contributed by atoms with E-state index >= 15 is 0 Å². The van der Waals surface area contributed by atoms with Gasteiger partial charge in [-0.25, -0.2) is 0 Å². The van der Waals surface area contributed by atoms with Gasteiger partial charge in [-0.2, -0.15) is 0 Å². The van der Waals surface area contributed by atoms with Crippen LogP contribution in [0.25, 0.3) is 0 Å². The van der Waals surface area contributed by atoms with Crippen LogP contribution in [0, 0.1) is 0 Å². The van der Waals surface area contributed by atoms with Crippen LogP contribution in [0.1, 0.15) is 18.0 Å². The van der Waals surface area contributed by atoms with E-state index in [9.17, 15) is 4.79 Å². The summed E-state index contributed by atoms with van der Waals surface area (Å²) in [5.74, 6) is -0.356. The molecule has 0 aliphatic rings. The molecule has 0 radical (unpaired) electrons. The number of nitrogens with zero attached hydrogens (tertiary/aromatic N) is 1. The minimum absolute atomic E-state index is 0.0933. The smallest absolute Gasteiger partial charge is 0.243 e. The Kier molecular flexibility index (Phi) is 7.08. The van der Waals surface area contributed by atoms with Gasteiger partial charge in [0.25, 0.3) is 0 Å². The Labute approximate surface area is 117 Å². The zero-order valence-corrected chi connectivity index (χ0v) is 11.2. The second-order valence-electron chi connectivity index (χ2n) is 4.23. The minimum atomic E-state index is -0.499. The number of amides is 1. The molecule has 1 unspecified atom stereocenters. The van der Waals surface area contributed by atoms with E-state index in [0.717, 1.165) is 5.56 Å². The Bertz CT molecular complexity index is 437. The molecule has 0 aliphatic heterocycles. The van der Waals surface area contributed by atoms with Crippen LogP contribution in [0.5, 0.6) is 0 Å². The first kappa shape index (κ1) is 15.9. The fraction of sp³-hybridized carbons (Fsp3) is 0.385. The molecule has 1 aromatic carbocycles. The molecule has 110 valence electrons. The number of carbonyl (C=O) groups excluding carboxylic acids is 1. The van der Waals surface area contributed by atoms with Crippen molar-refractivity contribution in [3.8, 4) is 0 Å². The SMILES string of the molecule is NC(=O)COCCNC(C/C(N)=N/O)c1ccccc1. The summed E-state index contributed by atoms with van der Waals surface area (Å²) in [7, 11) is 0. The number of amidine groups is 1. The Morgan fingerprint density at radius 3 is 2.65 bits per heavy atom. The lowest BCUT2D eigenvalue weighted by Crippen LogP contribution is -2.30. The largest absolute Gasteiger partial charge is 0.409 e. The Balaban J connectivity index is 2.49. The number of rotatable bonds is 9. The summed E-state index contributed by atoms with van der Waals surface area (Å²) in [6, 6.07) is 9.56. The molecule has 7 heteroatoms. The van der Waals surface area contributed by atoms with Gasteiger partial charge in [0.15, 0.2) is 0 Å². The number of nitrogens with two attached hydrogens (primary N) is 2. The van der Waals surface area contributed by atoms with Gasteiger partial charge in [-0.05, 0) is 5.56 Å². The number of primary amides is 1. The van der Waals surface area contributed by atoms with Crippen molar-refractivity contribution in [2.75, 3.05) is 19.8 Å². The molecule has 0 aromatic heterocycles. The van der Waals surface area contributed by atoms with Crippen LogP contribution >= 0.6 is 0 Å². The molecule has 7 nitrogen and oxygen atoms in total. The third-order valence-corrected chi connectivity index (χ3v) is 2.63. The van der Waals surface area contributed by atoms with Crippen LogP contribution in [0.15, 0.2) is 35.5 Å². The normalized spacial score (nSPS) is 13.1. The van der Waals surface area contributed by atoms with Crippen LogP contribution in [0.4, 0.5) is 0 Å². The molecule has 20 heavy (non-hydrogen) atoms. The molecule has 0 bridgehead atoms. The third-order valence-electron chi connectivity index (χ3n) is 2.63. The van der Waals surface area contributed by atoms with E-state index in [0.29, 0.717) is 19.6 Å². The Morgan fingerprint density at radius 2 is 2.05 bits per heavy atom. The second-order valence-corrected chi connectivity index (χ2v) is 4.23. The van der Waals surface area contributed by atoms with E-state index in [1.807, 2.05) is 30.3 Å². The van der Waals surface area contributed by atoms with E-state index in [2.05, 4.69) is 10.5 Å². The molecule has 1 aromatic rings. The predicted molar refractivity (Wildman–Crippen MR) is 75.2 cm³/mol. The van der Waals surface area contributed by atoms with Crippen LogP contribution in [-0.2, 0) is 9.53 Å². The van der Waals surface area contributed by atoms with Crippen LogP contribution < -0.4 is 16.8 Å². The maximum atomic E-state index is 10.5. The molecule has 0 saturated heterocycles. The van der Waals surface area contributed by atoms with Gasteiger partial charge in [0.05, 0.1) is 6.61 Å². The van der Waals surface area contributed by atoms with E-state index in [4.69, 9.17) is 21.4 Å². The summed E-state index contributed by atoms with van der Waals surface area (Å²) in [6.45, 7) is 0.770. The van der Waals surface area contributed by atoms with E-state index in [1.54, 1.807) is 0 Å². The summed E-state index contributed by atoms with van der Waals surface area (Å²) in [5, 5.41) is 14.9. The standard InChI is InChI=1S/C13H20N4O3/c14-12(17-19)8-11(10-4-2-1-3-5-10)16-6-7-20-9-13(15)18/h1-5,11,16,19H,6-9H2,(H2,14,17)(H2,15,18). The highest BCUT2D eigenvalue weighted by Crippen LogP contribution is 2.15. The second kappa shape index (κ2) is 8.89. The molecule has 0 heterocycles. The van der Waals surface area contributed by atoms with Crippen molar-refractivity contribution in [2.24, 2.45) is 16.6 Å². The monoisotopic (exact) mass is 280 g/mol. The van der Waals surface area contributed by atoms with Gasteiger partial charge in [0.2, 0.25) is 5.91 Å². The first-order valence-corrected chi connectivity index (χ1v) is 6.24. The Morgan fingerprint density at radius 1 is 1.35 bits per heavy atom. The van der Waals surface area contributed by atoms with Crippen molar-refractivity contribution in [1.29, 1.82) is 0 Å². The summed E-state index contributed by atoms with van der Waals surface area (Å²) < 4.78 is 5.06. The zero-order chi connectivity index (χ0) is 14.8. The number of carbonyl (C=O) groups is 1. The highest BCUT2D eigenvalue weighted by atomic mass is 16.5. The molecule has 0 aliphatic carbocycles. The number of hydrogen-bond donors (Lipinski definition) is 4. The first-order valence-electron chi connectivity index (χ1n) is 6.24. The topological polar surface area (TPSA) is 123 Å². The molecule has 6 N–H and O–H groups in total. The molecule has 0 spiro atoms. The summed E-state index contributed by atoms with van der Waals surface area (Å²) in [5.41, 5.74) is 11.5. The molecule has 1 rings (SSSR count). The van der Waals surface area contributed by atoms with Crippen LogP contribution in [-0.4, -0.2) is 36.7 Å². The lowest BCUT2D eigenvalue weighted by molar-refractivity contribution is -0.122. The van der Waals surface area contributed by atoms with Crippen molar-refractivity contribution in [3.63, 3.8) is 0 Å². The van der Waals surface area contributed by atoms with Gasteiger partial charge in [-0.1, -0.05) is 35.5 Å². The molecule has 1 amide bonds. The molecule has 0 saturated carbocycles. The van der Waals surface area contributed by atoms with Crippen molar-refractivity contribution >= 4 is 11.7 Å². The van der Waals surface area contributed by atoms with E-state index in [-0.39, 0.29) is 18.5 Å². The number of hydrogen-bond acceptors (Lipinski definition) is 5. The summed E-state index contributed by atoms with van der Waals surface area (Å²) >= 11 is 0. The maximum absolute atomic E-state index is 10.5. The quantitative estimate of drug-likeness (QED) is 0.166. The van der Waals surface area contributed by atoms with Crippen molar-refractivity contribution < 1.29 is 14.7 Å². The maximum Gasteiger partial charge on any atom is 0.243 e. The molecule has 0 fully saturated rings.